The summed E-state index contributed by atoms with van der Waals surface area (Å²) in [6.07, 6.45) is 0. The molecule has 0 radical (unpaired) electrons. The third kappa shape index (κ3) is 5.09. The summed E-state index contributed by atoms with van der Waals surface area (Å²) in [5.74, 6) is -0.0297. The molecule has 0 saturated carbocycles. The van der Waals surface area contributed by atoms with Crippen molar-refractivity contribution < 1.29 is 9.53 Å². The average Bonchev–Trinajstić information content (AvgIpc) is 2.48. The van der Waals surface area contributed by atoms with Crippen LogP contribution in [-0.4, -0.2) is 61.6 Å². The second-order valence-electron chi connectivity index (χ2n) is 6.00. The standard InChI is InChI=1S/C17H27N3O2/c1-14(13-22-3)20-9-7-19(8-10-20)12-16-5-4-6-17(11-16)18-15(2)21/h4-6,11,14H,7-10,12-13H2,1-3H3,(H,18,21). The van der Waals surface area contributed by atoms with E-state index in [-0.39, 0.29) is 5.91 Å². The first-order valence-electron chi connectivity index (χ1n) is 7.90. The molecule has 1 fully saturated rings. The number of hydrogen-bond acceptors (Lipinski definition) is 4. The van der Waals surface area contributed by atoms with Gasteiger partial charge in [0.25, 0.3) is 0 Å². The Morgan fingerprint density at radius 1 is 1.32 bits per heavy atom. The number of carbonyl (C=O) groups is 1. The third-order valence-corrected chi connectivity index (χ3v) is 4.09. The zero-order valence-electron chi connectivity index (χ0n) is 13.8. The number of piperazine rings is 1. The molecule has 1 heterocycles. The Kier molecular flexibility index (Phi) is 6.36. The van der Waals surface area contributed by atoms with Gasteiger partial charge in [-0.25, -0.2) is 0 Å². The molecule has 1 unspecified atom stereocenters. The molecule has 1 amide bonds. The lowest BCUT2D eigenvalue weighted by molar-refractivity contribution is -0.114. The molecule has 1 aliphatic heterocycles. The van der Waals surface area contributed by atoms with Crippen molar-refractivity contribution in [3.8, 4) is 0 Å². The van der Waals surface area contributed by atoms with E-state index in [1.807, 2.05) is 12.1 Å². The highest BCUT2D eigenvalue weighted by Crippen LogP contribution is 2.15. The summed E-state index contributed by atoms with van der Waals surface area (Å²) >= 11 is 0. The zero-order valence-corrected chi connectivity index (χ0v) is 13.8. The molecule has 1 N–H and O–H groups in total. The topological polar surface area (TPSA) is 44.8 Å². The fourth-order valence-corrected chi connectivity index (χ4v) is 2.92. The van der Waals surface area contributed by atoms with E-state index in [0.29, 0.717) is 6.04 Å². The van der Waals surface area contributed by atoms with Crippen molar-refractivity contribution in [3.05, 3.63) is 29.8 Å². The quantitative estimate of drug-likeness (QED) is 0.870. The molecular weight excluding hydrogens is 278 g/mol. The monoisotopic (exact) mass is 305 g/mol. The highest BCUT2D eigenvalue weighted by atomic mass is 16.5. The molecule has 0 bridgehead atoms. The molecule has 122 valence electrons. The maximum Gasteiger partial charge on any atom is 0.221 e. The molecule has 22 heavy (non-hydrogen) atoms. The number of nitrogens with one attached hydrogen (secondary N) is 1. The summed E-state index contributed by atoms with van der Waals surface area (Å²) < 4.78 is 5.23. The third-order valence-electron chi connectivity index (χ3n) is 4.09. The minimum absolute atomic E-state index is 0.0297. The van der Waals surface area contributed by atoms with Gasteiger partial charge in [-0.05, 0) is 24.6 Å². The summed E-state index contributed by atoms with van der Waals surface area (Å²) in [5, 5.41) is 2.84. The van der Waals surface area contributed by atoms with Crippen molar-refractivity contribution in [2.24, 2.45) is 0 Å². The van der Waals surface area contributed by atoms with Gasteiger partial charge in [0.1, 0.15) is 0 Å². The molecule has 1 saturated heterocycles. The Bertz CT molecular complexity index is 485. The van der Waals surface area contributed by atoms with Gasteiger partial charge in [-0.15, -0.1) is 0 Å². The van der Waals surface area contributed by atoms with Gasteiger partial charge in [-0.3, -0.25) is 14.6 Å². The largest absolute Gasteiger partial charge is 0.383 e. The SMILES string of the molecule is COCC(C)N1CCN(Cc2cccc(NC(C)=O)c2)CC1. The van der Waals surface area contributed by atoms with Gasteiger partial charge in [-0.1, -0.05) is 12.1 Å². The van der Waals surface area contributed by atoms with Crippen LogP contribution in [0.5, 0.6) is 0 Å². The number of methoxy groups -OCH3 is 1. The van der Waals surface area contributed by atoms with E-state index < -0.39 is 0 Å². The predicted molar refractivity (Wildman–Crippen MR) is 88.9 cm³/mol. The second-order valence-corrected chi connectivity index (χ2v) is 6.00. The van der Waals surface area contributed by atoms with Gasteiger partial charge in [0.05, 0.1) is 6.61 Å². The maximum atomic E-state index is 11.1. The molecule has 1 atom stereocenters. The van der Waals surface area contributed by atoms with Gasteiger partial charge in [0.15, 0.2) is 0 Å². The molecule has 0 aliphatic carbocycles. The van der Waals surface area contributed by atoms with Crippen LogP contribution in [0.1, 0.15) is 19.4 Å². The van der Waals surface area contributed by atoms with Crippen LogP contribution in [0.3, 0.4) is 0 Å². The molecular formula is C17H27N3O2. The Hall–Kier alpha value is -1.43. The van der Waals surface area contributed by atoms with E-state index in [1.165, 1.54) is 12.5 Å². The predicted octanol–water partition coefficient (Wildman–Crippen LogP) is 1.80. The smallest absolute Gasteiger partial charge is 0.221 e. The number of nitrogens with zero attached hydrogens (tertiary/aromatic N) is 2. The van der Waals surface area contributed by atoms with Crippen molar-refractivity contribution in [1.82, 2.24) is 9.80 Å². The first-order chi connectivity index (χ1) is 10.6. The fraction of sp³-hybridized carbons (Fsp3) is 0.588. The first kappa shape index (κ1) is 16.9. The zero-order chi connectivity index (χ0) is 15.9. The van der Waals surface area contributed by atoms with Crippen LogP contribution in [-0.2, 0) is 16.1 Å². The van der Waals surface area contributed by atoms with Crippen molar-refractivity contribution >= 4 is 11.6 Å². The Balaban J connectivity index is 1.84. The number of carbonyl (C=O) groups excluding carboxylic acids is 1. The molecule has 1 aliphatic rings. The lowest BCUT2D eigenvalue weighted by Gasteiger charge is -2.37. The van der Waals surface area contributed by atoms with Crippen LogP contribution < -0.4 is 5.32 Å². The Labute approximate surface area is 133 Å². The fourth-order valence-electron chi connectivity index (χ4n) is 2.92. The van der Waals surface area contributed by atoms with Crippen molar-refractivity contribution in [2.75, 3.05) is 45.2 Å². The highest BCUT2D eigenvalue weighted by Gasteiger charge is 2.20. The van der Waals surface area contributed by atoms with E-state index in [0.717, 1.165) is 45.0 Å². The van der Waals surface area contributed by atoms with E-state index in [9.17, 15) is 4.79 Å². The van der Waals surface area contributed by atoms with E-state index in [4.69, 9.17) is 4.74 Å². The van der Waals surface area contributed by atoms with Crippen LogP contribution in [0.2, 0.25) is 0 Å². The first-order valence-corrected chi connectivity index (χ1v) is 7.90. The van der Waals surface area contributed by atoms with Crippen molar-refractivity contribution in [2.45, 2.75) is 26.4 Å². The van der Waals surface area contributed by atoms with Crippen LogP contribution in [0.15, 0.2) is 24.3 Å². The van der Waals surface area contributed by atoms with Crippen LogP contribution in [0, 0.1) is 0 Å². The van der Waals surface area contributed by atoms with Gasteiger partial charge in [0.2, 0.25) is 5.91 Å². The molecule has 1 aromatic carbocycles. The lowest BCUT2D eigenvalue weighted by Crippen LogP contribution is -2.50. The number of hydrogen-bond donors (Lipinski definition) is 1. The summed E-state index contributed by atoms with van der Waals surface area (Å²) in [4.78, 5) is 16.1. The van der Waals surface area contributed by atoms with Crippen LogP contribution in [0.4, 0.5) is 5.69 Å². The van der Waals surface area contributed by atoms with E-state index in [2.05, 4.69) is 34.2 Å². The Morgan fingerprint density at radius 2 is 2.05 bits per heavy atom. The van der Waals surface area contributed by atoms with Gasteiger partial charge < -0.3 is 10.1 Å². The van der Waals surface area contributed by atoms with Crippen LogP contribution >= 0.6 is 0 Å². The number of benzene rings is 1. The number of ether oxygens (including phenoxy) is 1. The van der Waals surface area contributed by atoms with E-state index in [1.54, 1.807) is 7.11 Å². The highest BCUT2D eigenvalue weighted by molar-refractivity contribution is 5.88. The molecule has 0 spiro atoms. The normalized spacial score (nSPS) is 18.1. The van der Waals surface area contributed by atoms with E-state index >= 15 is 0 Å². The molecule has 5 nitrogen and oxygen atoms in total. The maximum absolute atomic E-state index is 11.1. The van der Waals surface area contributed by atoms with Gasteiger partial charge in [-0.2, -0.15) is 0 Å². The van der Waals surface area contributed by atoms with Gasteiger partial charge in [0, 0.05) is 58.5 Å². The number of amides is 1. The molecule has 1 aromatic rings. The summed E-state index contributed by atoms with van der Waals surface area (Å²) in [6.45, 7) is 9.77. The summed E-state index contributed by atoms with van der Waals surface area (Å²) in [7, 11) is 1.76. The summed E-state index contributed by atoms with van der Waals surface area (Å²) in [6, 6.07) is 8.58. The minimum Gasteiger partial charge on any atom is -0.383 e. The van der Waals surface area contributed by atoms with Crippen molar-refractivity contribution in [1.29, 1.82) is 0 Å². The van der Waals surface area contributed by atoms with Gasteiger partial charge >= 0.3 is 0 Å². The minimum atomic E-state index is -0.0297. The molecule has 2 rings (SSSR count). The number of rotatable bonds is 6. The molecule has 5 heteroatoms. The number of anilines is 1. The second kappa shape index (κ2) is 8.27. The van der Waals surface area contributed by atoms with Crippen molar-refractivity contribution in [3.63, 3.8) is 0 Å². The Morgan fingerprint density at radius 3 is 2.68 bits per heavy atom. The average molecular weight is 305 g/mol. The lowest BCUT2D eigenvalue weighted by atomic mass is 10.1. The van der Waals surface area contributed by atoms with Crippen LogP contribution in [0.25, 0.3) is 0 Å². The molecule has 0 aromatic heterocycles. The summed E-state index contributed by atoms with van der Waals surface area (Å²) in [5.41, 5.74) is 2.11.